The van der Waals surface area contributed by atoms with Gasteiger partial charge in [0.05, 0.1) is 5.56 Å². The number of piperazine rings is 1. The van der Waals surface area contributed by atoms with Gasteiger partial charge in [0.2, 0.25) is 0 Å². The van der Waals surface area contributed by atoms with Gasteiger partial charge in [-0.25, -0.2) is 0 Å². The van der Waals surface area contributed by atoms with Crippen molar-refractivity contribution in [2.24, 2.45) is 5.92 Å². The molecule has 26 heavy (non-hydrogen) atoms. The lowest BCUT2D eigenvalue weighted by molar-refractivity contribution is -0.137. The molecule has 1 aliphatic heterocycles. The van der Waals surface area contributed by atoms with Crippen LogP contribution in [0.1, 0.15) is 45.6 Å². The van der Waals surface area contributed by atoms with Crippen molar-refractivity contribution in [3.8, 4) is 0 Å². The van der Waals surface area contributed by atoms with E-state index in [0.29, 0.717) is 11.6 Å². The maximum Gasteiger partial charge on any atom is 0.416 e. The number of allylic oxidation sites excluding steroid dienone is 2. The Bertz CT molecular complexity index is 583. The standard InChI is InChI=1S/C21H31F3N2/c1-17(2)6-4-7-18(3)10-11-25-12-14-26(15-13-25)20-9-5-8-19(16-20)21(22,23)24/h5-6,8-9,16,18H,4,7,10-15H2,1-3H3. The van der Waals surface area contributed by atoms with Crippen LogP contribution in [0.25, 0.3) is 0 Å². The molecule has 1 fully saturated rings. The predicted molar refractivity (Wildman–Crippen MR) is 103 cm³/mol. The highest BCUT2D eigenvalue weighted by molar-refractivity contribution is 5.49. The van der Waals surface area contributed by atoms with Crippen LogP contribution in [0.2, 0.25) is 0 Å². The number of hydrogen-bond donors (Lipinski definition) is 0. The summed E-state index contributed by atoms with van der Waals surface area (Å²) in [6.07, 6.45) is 1.56. The summed E-state index contributed by atoms with van der Waals surface area (Å²) in [6.45, 7) is 11.0. The van der Waals surface area contributed by atoms with E-state index >= 15 is 0 Å². The van der Waals surface area contributed by atoms with Gasteiger partial charge in [0.1, 0.15) is 0 Å². The highest BCUT2D eigenvalue weighted by Crippen LogP contribution is 2.31. The molecule has 146 valence electrons. The topological polar surface area (TPSA) is 6.48 Å². The maximum atomic E-state index is 12.9. The number of rotatable bonds is 7. The van der Waals surface area contributed by atoms with E-state index in [-0.39, 0.29) is 0 Å². The van der Waals surface area contributed by atoms with Crippen LogP contribution in [0.5, 0.6) is 0 Å². The number of benzene rings is 1. The molecule has 0 bridgehead atoms. The molecule has 1 aromatic rings. The molecule has 0 N–H and O–H groups in total. The van der Waals surface area contributed by atoms with Gasteiger partial charge in [0.15, 0.2) is 0 Å². The van der Waals surface area contributed by atoms with Gasteiger partial charge >= 0.3 is 6.18 Å². The zero-order chi connectivity index (χ0) is 19.2. The Hall–Kier alpha value is -1.49. The quantitative estimate of drug-likeness (QED) is 0.578. The molecule has 0 aromatic heterocycles. The molecule has 1 unspecified atom stereocenters. The minimum Gasteiger partial charge on any atom is -0.369 e. The first kappa shape index (κ1) is 20.8. The van der Waals surface area contributed by atoms with Gasteiger partial charge in [-0.05, 0) is 63.8 Å². The van der Waals surface area contributed by atoms with E-state index < -0.39 is 11.7 Å². The van der Waals surface area contributed by atoms with Crippen molar-refractivity contribution in [1.82, 2.24) is 4.90 Å². The van der Waals surface area contributed by atoms with Crippen molar-refractivity contribution >= 4 is 5.69 Å². The van der Waals surface area contributed by atoms with E-state index in [1.54, 1.807) is 6.07 Å². The van der Waals surface area contributed by atoms with Crippen LogP contribution in [0.4, 0.5) is 18.9 Å². The zero-order valence-electron chi connectivity index (χ0n) is 16.1. The van der Waals surface area contributed by atoms with Crippen LogP contribution in [0.3, 0.4) is 0 Å². The number of halogens is 3. The van der Waals surface area contributed by atoms with Crippen LogP contribution >= 0.6 is 0 Å². The minimum absolute atomic E-state index is 0.567. The SMILES string of the molecule is CC(C)=CCCC(C)CCN1CCN(c2cccc(C(F)(F)F)c2)CC1. The second kappa shape index (κ2) is 9.45. The summed E-state index contributed by atoms with van der Waals surface area (Å²) in [4.78, 5) is 4.49. The lowest BCUT2D eigenvalue weighted by atomic mass is 10.0. The fourth-order valence-corrected chi connectivity index (χ4v) is 3.31. The molecule has 0 saturated carbocycles. The summed E-state index contributed by atoms with van der Waals surface area (Å²) < 4.78 is 38.6. The summed E-state index contributed by atoms with van der Waals surface area (Å²) >= 11 is 0. The first-order valence-electron chi connectivity index (χ1n) is 9.53. The smallest absolute Gasteiger partial charge is 0.369 e. The molecule has 0 aliphatic carbocycles. The highest BCUT2D eigenvalue weighted by Gasteiger charge is 2.31. The Labute approximate surface area is 155 Å². The molecule has 2 rings (SSSR count). The zero-order valence-corrected chi connectivity index (χ0v) is 16.1. The van der Waals surface area contributed by atoms with Gasteiger partial charge in [-0.1, -0.05) is 24.6 Å². The summed E-state index contributed by atoms with van der Waals surface area (Å²) in [5.41, 5.74) is 1.49. The van der Waals surface area contributed by atoms with Gasteiger partial charge in [0.25, 0.3) is 0 Å². The molecule has 5 heteroatoms. The van der Waals surface area contributed by atoms with Gasteiger partial charge < -0.3 is 4.90 Å². The summed E-state index contributed by atoms with van der Waals surface area (Å²) in [6, 6.07) is 5.67. The first-order valence-corrected chi connectivity index (χ1v) is 9.53. The number of nitrogens with zero attached hydrogens (tertiary/aromatic N) is 2. The second-order valence-corrected chi connectivity index (χ2v) is 7.63. The third kappa shape index (κ3) is 6.67. The summed E-state index contributed by atoms with van der Waals surface area (Å²) in [5, 5.41) is 0. The van der Waals surface area contributed by atoms with Crippen LogP contribution in [0, 0.1) is 5.92 Å². The predicted octanol–water partition coefficient (Wildman–Crippen LogP) is 5.60. The number of hydrogen-bond acceptors (Lipinski definition) is 2. The lowest BCUT2D eigenvalue weighted by Crippen LogP contribution is -2.46. The first-order chi connectivity index (χ1) is 12.3. The summed E-state index contributed by atoms with van der Waals surface area (Å²) in [7, 11) is 0. The molecular formula is C21H31F3N2. The molecule has 1 aromatic carbocycles. The molecule has 1 heterocycles. The van der Waals surface area contributed by atoms with Crippen LogP contribution in [0.15, 0.2) is 35.9 Å². The monoisotopic (exact) mass is 368 g/mol. The Morgan fingerprint density at radius 3 is 2.42 bits per heavy atom. The van der Waals surface area contributed by atoms with Crippen molar-refractivity contribution in [3.63, 3.8) is 0 Å². The average molecular weight is 368 g/mol. The van der Waals surface area contributed by atoms with E-state index in [9.17, 15) is 13.2 Å². The average Bonchev–Trinajstić information content (AvgIpc) is 2.59. The van der Waals surface area contributed by atoms with Crippen LogP contribution in [-0.2, 0) is 6.18 Å². The van der Waals surface area contributed by atoms with Crippen molar-refractivity contribution in [3.05, 3.63) is 41.5 Å². The molecule has 0 spiro atoms. The number of anilines is 1. The van der Waals surface area contributed by atoms with E-state index in [2.05, 4.69) is 36.6 Å². The van der Waals surface area contributed by atoms with Crippen LogP contribution < -0.4 is 4.90 Å². The molecule has 2 nitrogen and oxygen atoms in total. The minimum atomic E-state index is -4.28. The number of alkyl halides is 3. The van der Waals surface area contributed by atoms with Gasteiger partial charge in [0, 0.05) is 31.9 Å². The van der Waals surface area contributed by atoms with Gasteiger partial charge in [-0.15, -0.1) is 0 Å². The van der Waals surface area contributed by atoms with E-state index in [1.807, 2.05) is 0 Å². The van der Waals surface area contributed by atoms with Crippen LogP contribution in [-0.4, -0.2) is 37.6 Å². The second-order valence-electron chi connectivity index (χ2n) is 7.63. The fourth-order valence-electron chi connectivity index (χ4n) is 3.31. The van der Waals surface area contributed by atoms with Gasteiger partial charge in [-0.2, -0.15) is 13.2 Å². The van der Waals surface area contributed by atoms with E-state index in [4.69, 9.17) is 0 Å². The molecule has 0 radical (unpaired) electrons. The van der Waals surface area contributed by atoms with Crippen molar-refractivity contribution in [1.29, 1.82) is 0 Å². The fraction of sp³-hybridized carbons (Fsp3) is 0.619. The molecule has 1 atom stereocenters. The lowest BCUT2D eigenvalue weighted by Gasteiger charge is -2.36. The van der Waals surface area contributed by atoms with Gasteiger partial charge in [-0.3, -0.25) is 4.90 Å². The molecular weight excluding hydrogens is 337 g/mol. The summed E-state index contributed by atoms with van der Waals surface area (Å²) in [5.74, 6) is 0.701. The maximum absolute atomic E-state index is 12.9. The van der Waals surface area contributed by atoms with E-state index in [0.717, 1.165) is 45.2 Å². The molecule has 0 amide bonds. The Kier molecular flexibility index (Phi) is 7.56. The Morgan fingerprint density at radius 1 is 1.12 bits per heavy atom. The van der Waals surface area contributed by atoms with Crippen molar-refractivity contribution < 1.29 is 13.2 Å². The molecule has 1 saturated heterocycles. The Balaban J connectivity index is 1.76. The largest absolute Gasteiger partial charge is 0.416 e. The Morgan fingerprint density at radius 2 is 1.81 bits per heavy atom. The third-order valence-corrected chi connectivity index (χ3v) is 5.06. The van der Waals surface area contributed by atoms with Crippen molar-refractivity contribution in [2.75, 3.05) is 37.6 Å². The highest BCUT2D eigenvalue weighted by atomic mass is 19.4. The molecule has 1 aliphatic rings. The normalized spacial score (nSPS) is 17.2. The van der Waals surface area contributed by atoms with E-state index in [1.165, 1.54) is 30.5 Å². The van der Waals surface area contributed by atoms with Crippen molar-refractivity contribution in [2.45, 2.75) is 46.2 Å². The third-order valence-electron chi connectivity index (χ3n) is 5.06.